The van der Waals surface area contributed by atoms with Crippen LogP contribution in [0.5, 0.6) is 0 Å². The maximum Gasteiger partial charge on any atom is 0.223 e. The first-order valence-corrected chi connectivity index (χ1v) is 6.11. The van der Waals surface area contributed by atoms with E-state index in [0.717, 1.165) is 32.1 Å². The van der Waals surface area contributed by atoms with E-state index in [1.165, 1.54) is 0 Å². The molecule has 4 heteroatoms. The Hall–Kier alpha value is -1.06. The molecule has 0 bridgehead atoms. The first-order chi connectivity index (χ1) is 7.52. The van der Waals surface area contributed by atoms with E-state index in [9.17, 15) is 9.59 Å². The molecular weight excluding hydrogens is 204 g/mol. The Balaban J connectivity index is 2.57. The van der Waals surface area contributed by atoms with Gasteiger partial charge in [-0.1, -0.05) is 19.8 Å². The maximum atomic E-state index is 11.5. The summed E-state index contributed by atoms with van der Waals surface area (Å²) in [5.74, 6) is -0.582. The summed E-state index contributed by atoms with van der Waals surface area (Å²) in [5, 5.41) is 0. The zero-order valence-corrected chi connectivity index (χ0v) is 10.00. The topological polar surface area (TPSA) is 86.2 Å². The van der Waals surface area contributed by atoms with Crippen molar-refractivity contribution in [3.8, 4) is 0 Å². The Bertz CT molecular complexity index is 270. The summed E-state index contributed by atoms with van der Waals surface area (Å²) >= 11 is 0. The summed E-state index contributed by atoms with van der Waals surface area (Å²) in [6.45, 7) is 1.95. The van der Waals surface area contributed by atoms with Crippen molar-refractivity contribution < 1.29 is 9.59 Å². The lowest BCUT2D eigenvalue weighted by Gasteiger charge is -2.26. The number of amides is 2. The molecule has 0 saturated heterocycles. The first-order valence-electron chi connectivity index (χ1n) is 6.11. The van der Waals surface area contributed by atoms with E-state index in [1.807, 2.05) is 6.92 Å². The van der Waals surface area contributed by atoms with Gasteiger partial charge >= 0.3 is 0 Å². The van der Waals surface area contributed by atoms with E-state index in [2.05, 4.69) is 0 Å². The fraction of sp³-hybridized carbons (Fsp3) is 0.833. The van der Waals surface area contributed by atoms with Crippen molar-refractivity contribution in [2.24, 2.45) is 22.8 Å². The van der Waals surface area contributed by atoms with E-state index in [-0.39, 0.29) is 23.1 Å². The normalized spacial score (nSPS) is 20.6. The minimum atomic E-state index is -0.358. The number of rotatable bonds is 6. The van der Waals surface area contributed by atoms with Crippen molar-refractivity contribution in [3.05, 3.63) is 0 Å². The molecule has 2 amide bonds. The standard InChI is InChI=1S/C12H22N2O2/c1-2-9(10(13)15)5-8-12(11(14)16)6-3-4-7-12/h9H,2-8H2,1H3,(H2,13,15)(H2,14,16). The molecule has 1 unspecified atom stereocenters. The Kier molecular flexibility index (Phi) is 4.33. The lowest BCUT2D eigenvalue weighted by Crippen LogP contribution is -2.36. The molecule has 0 aromatic heterocycles. The van der Waals surface area contributed by atoms with E-state index in [0.29, 0.717) is 12.8 Å². The Labute approximate surface area is 96.8 Å². The van der Waals surface area contributed by atoms with Gasteiger partial charge in [0.15, 0.2) is 0 Å². The molecule has 0 aromatic carbocycles. The van der Waals surface area contributed by atoms with Crippen LogP contribution >= 0.6 is 0 Å². The van der Waals surface area contributed by atoms with Gasteiger partial charge in [-0.05, 0) is 32.1 Å². The Morgan fingerprint density at radius 3 is 2.19 bits per heavy atom. The van der Waals surface area contributed by atoms with E-state index in [1.54, 1.807) is 0 Å². The summed E-state index contributed by atoms with van der Waals surface area (Å²) in [7, 11) is 0. The highest BCUT2D eigenvalue weighted by atomic mass is 16.1. The Morgan fingerprint density at radius 1 is 1.25 bits per heavy atom. The van der Waals surface area contributed by atoms with Gasteiger partial charge in [0.25, 0.3) is 0 Å². The number of carbonyl (C=O) groups is 2. The lowest BCUT2D eigenvalue weighted by molar-refractivity contribution is -0.129. The molecule has 4 nitrogen and oxygen atoms in total. The summed E-state index contributed by atoms with van der Waals surface area (Å²) < 4.78 is 0. The largest absolute Gasteiger partial charge is 0.369 e. The Morgan fingerprint density at radius 2 is 1.81 bits per heavy atom. The summed E-state index contributed by atoms with van der Waals surface area (Å²) in [6, 6.07) is 0. The van der Waals surface area contributed by atoms with E-state index >= 15 is 0 Å². The quantitative estimate of drug-likeness (QED) is 0.715. The van der Waals surface area contributed by atoms with Gasteiger partial charge in [0, 0.05) is 11.3 Å². The van der Waals surface area contributed by atoms with Gasteiger partial charge in [-0.15, -0.1) is 0 Å². The fourth-order valence-corrected chi connectivity index (χ4v) is 2.67. The monoisotopic (exact) mass is 226 g/mol. The third kappa shape index (κ3) is 2.74. The van der Waals surface area contributed by atoms with Crippen LogP contribution in [0, 0.1) is 11.3 Å². The minimum absolute atomic E-state index is 0.114. The molecule has 0 spiro atoms. The SMILES string of the molecule is CCC(CCC1(C(N)=O)CCCC1)C(N)=O. The highest BCUT2D eigenvalue weighted by Gasteiger charge is 2.39. The van der Waals surface area contributed by atoms with Crippen molar-refractivity contribution in [1.82, 2.24) is 0 Å². The molecule has 0 radical (unpaired) electrons. The molecule has 92 valence electrons. The van der Waals surface area contributed by atoms with Crippen molar-refractivity contribution >= 4 is 11.8 Å². The van der Waals surface area contributed by atoms with Crippen LogP contribution in [0.25, 0.3) is 0 Å². The molecule has 0 aromatic rings. The lowest BCUT2D eigenvalue weighted by atomic mass is 9.78. The van der Waals surface area contributed by atoms with Crippen molar-refractivity contribution in [2.75, 3.05) is 0 Å². The minimum Gasteiger partial charge on any atom is -0.369 e. The molecule has 1 aliphatic rings. The second-order valence-corrected chi connectivity index (χ2v) is 4.90. The molecule has 16 heavy (non-hydrogen) atoms. The van der Waals surface area contributed by atoms with Crippen molar-refractivity contribution in [3.63, 3.8) is 0 Å². The summed E-state index contributed by atoms with van der Waals surface area (Å²) in [6.07, 6.45) is 6.02. The second-order valence-electron chi connectivity index (χ2n) is 4.90. The first kappa shape index (κ1) is 13.0. The summed E-state index contributed by atoms with van der Waals surface area (Å²) in [4.78, 5) is 22.6. The highest BCUT2D eigenvalue weighted by molar-refractivity contribution is 5.81. The predicted molar refractivity (Wildman–Crippen MR) is 62.3 cm³/mol. The van der Waals surface area contributed by atoms with Gasteiger partial charge in [0.05, 0.1) is 0 Å². The molecule has 1 aliphatic carbocycles. The van der Waals surface area contributed by atoms with Crippen LogP contribution in [0.2, 0.25) is 0 Å². The van der Waals surface area contributed by atoms with E-state index in [4.69, 9.17) is 11.5 Å². The molecule has 0 aliphatic heterocycles. The molecule has 1 saturated carbocycles. The number of hydrogen-bond donors (Lipinski definition) is 2. The zero-order valence-electron chi connectivity index (χ0n) is 10.00. The number of nitrogens with two attached hydrogens (primary N) is 2. The highest BCUT2D eigenvalue weighted by Crippen LogP contribution is 2.42. The van der Waals surface area contributed by atoms with Gasteiger partial charge < -0.3 is 11.5 Å². The van der Waals surface area contributed by atoms with Crippen LogP contribution < -0.4 is 11.5 Å². The van der Waals surface area contributed by atoms with Crippen LogP contribution in [-0.4, -0.2) is 11.8 Å². The van der Waals surface area contributed by atoms with Gasteiger partial charge in [0.1, 0.15) is 0 Å². The smallest absolute Gasteiger partial charge is 0.223 e. The average Bonchev–Trinajstić information content (AvgIpc) is 2.68. The molecule has 0 heterocycles. The van der Waals surface area contributed by atoms with Crippen LogP contribution in [0.3, 0.4) is 0 Å². The third-order valence-electron chi connectivity index (χ3n) is 3.95. The van der Waals surface area contributed by atoms with Crippen LogP contribution in [0.15, 0.2) is 0 Å². The molecule has 1 atom stereocenters. The third-order valence-corrected chi connectivity index (χ3v) is 3.95. The van der Waals surface area contributed by atoms with Gasteiger partial charge in [-0.2, -0.15) is 0 Å². The van der Waals surface area contributed by atoms with Gasteiger partial charge in [0.2, 0.25) is 11.8 Å². The number of carbonyl (C=O) groups excluding carboxylic acids is 2. The van der Waals surface area contributed by atoms with Gasteiger partial charge in [-0.3, -0.25) is 9.59 Å². The molecular formula is C12H22N2O2. The van der Waals surface area contributed by atoms with Crippen molar-refractivity contribution in [1.29, 1.82) is 0 Å². The zero-order chi connectivity index (χ0) is 12.2. The summed E-state index contributed by atoms with van der Waals surface area (Å²) in [5.41, 5.74) is 10.4. The molecule has 1 rings (SSSR count). The predicted octanol–water partition coefficient (Wildman–Crippen LogP) is 1.32. The van der Waals surface area contributed by atoms with Crippen LogP contribution in [-0.2, 0) is 9.59 Å². The number of primary amides is 2. The van der Waals surface area contributed by atoms with Crippen LogP contribution in [0.1, 0.15) is 51.9 Å². The number of hydrogen-bond acceptors (Lipinski definition) is 2. The van der Waals surface area contributed by atoms with Gasteiger partial charge in [-0.25, -0.2) is 0 Å². The maximum absolute atomic E-state index is 11.5. The second kappa shape index (κ2) is 5.32. The fourth-order valence-electron chi connectivity index (χ4n) is 2.67. The van der Waals surface area contributed by atoms with E-state index < -0.39 is 0 Å². The average molecular weight is 226 g/mol. The van der Waals surface area contributed by atoms with Crippen molar-refractivity contribution in [2.45, 2.75) is 51.9 Å². The molecule has 1 fully saturated rings. The molecule has 4 N–H and O–H groups in total. The van der Waals surface area contributed by atoms with Crippen LogP contribution in [0.4, 0.5) is 0 Å².